The molecule has 1 fully saturated rings. The van der Waals surface area contributed by atoms with Crippen LogP contribution >= 0.6 is 11.6 Å². The van der Waals surface area contributed by atoms with Gasteiger partial charge in [0.15, 0.2) is 5.78 Å². The molecule has 0 radical (unpaired) electrons. The minimum absolute atomic E-state index is 0.0671. The second-order valence-corrected chi connectivity index (χ2v) is 11.7. The Morgan fingerprint density at radius 3 is 1.95 bits per heavy atom. The molecule has 1 unspecified atom stereocenters. The number of Topliss-reactive ketones (excluding diaryl/α,β-unsaturated/α-hetero) is 1. The Morgan fingerprint density at radius 2 is 1.42 bits per heavy atom. The third-order valence-electron chi connectivity index (χ3n) is 7.00. The largest absolute Gasteiger partial charge is 0.306 e. The molecular weight excluding hydrogens is 488 g/mol. The minimum Gasteiger partial charge on any atom is -0.306 e. The van der Waals surface area contributed by atoms with Gasteiger partial charge < -0.3 is 10.2 Å². The van der Waals surface area contributed by atoms with Crippen LogP contribution in [-0.4, -0.2) is 42.4 Å². The number of piperidine rings is 1. The molecule has 3 aromatic rings. The lowest BCUT2D eigenvalue weighted by atomic mass is 9.86. The van der Waals surface area contributed by atoms with Crippen molar-refractivity contribution < 1.29 is 4.79 Å². The molecular formula is C34H39ClN2O. The summed E-state index contributed by atoms with van der Waals surface area (Å²) in [6, 6.07) is 24.4. The SMILES string of the molecule is CC(NC(C)(C)C)C(=O)c1cccc(Cl)c1.CN1CCC(=C2c3ccccc3C=Cc3ccccc32)CC1. The number of ketones is 1. The van der Waals surface area contributed by atoms with Crippen LogP contribution in [0.5, 0.6) is 0 Å². The summed E-state index contributed by atoms with van der Waals surface area (Å²) in [6.07, 6.45) is 6.87. The molecule has 3 aromatic carbocycles. The van der Waals surface area contributed by atoms with Crippen molar-refractivity contribution in [1.29, 1.82) is 0 Å². The maximum Gasteiger partial charge on any atom is 0.179 e. The summed E-state index contributed by atoms with van der Waals surface area (Å²) in [6.45, 7) is 10.3. The van der Waals surface area contributed by atoms with E-state index in [1.807, 2.05) is 27.7 Å². The Kier molecular flexibility index (Phi) is 9.04. The summed E-state index contributed by atoms with van der Waals surface area (Å²) in [5.74, 6) is 0.0671. The molecule has 38 heavy (non-hydrogen) atoms. The van der Waals surface area contributed by atoms with Crippen LogP contribution in [0.15, 0.2) is 78.4 Å². The molecule has 0 spiro atoms. The van der Waals surface area contributed by atoms with E-state index in [4.69, 9.17) is 11.6 Å². The molecule has 2 aliphatic rings. The number of rotatable bonds is 3. The van der Waals surface area contributed by atoms with Gasteiger partial charge in [-0.15, -0.1) is 0 Å². The highest BCUT2D eigenvalue weighted by molar-refractivity contribution is 6.31. The number of benzene rings is 3. The number of carbonyl (C=O) groups excluding carboxylic acids is 1. The van der Waals surface area contributed by atoms with Crippen LogP contribution in [0.1, 0.15) is 73.1 Å². The molecule has 198 valence electrons. The Labute approximate surface area is 233 Å². The fourth-order valence-corrected chi connectivity index (χ4v) is 5.38. The molecule has 1 atom stereocenters. The van der Waals surface area contributed by atoms with Crippen LogP contribution < -0.4 is 5.32 Å². The monoisotopic (exact) mass is 526 g/mol. The molecule has 5 rings (SSSR count). The van der Waals surface area contributed by atoms with Crippen molar-refractivity contribution in [2.24, 2.45) is 0 Å². The summed E-state index contributed by atoms with van der Waals surface area (Å²) < 4.78 is 0. The first-order valence-electron chi connectivity index (χ1n) is 13.5. The summed E-state index contributed by atoms with van der Waals surface area (Å²) in [5.41, 5.74) is 9.11. The normalized spacial score (nSPS) is 16.1. The van der Waals surface area contributed by atoms with Crippen LogP contribution in [-0.2, 0) is 0 Å². The Hall–Kier alpha value is -2.98. The van der Waals surface area contributed by atoms with Gasteiger partial charge in [0.1, 0.15) is 0 Å². The summed E-state index contributed by atoms with van der Waals surface area (Å²) in [5, 5.41) is 3.84. The van der Waals surface area contributed by atoms with E-state index < -0.39 is 0 Å². The number of halogens is 1. The highest BCUT2D eigenvalue weighted by Crippen LogP contribution is 2.38. The van der Waals surface area contributed by atoms with Gasteiger partial charge in [-0.05, 0) is 87.5 Å². The maximum absolute atomic E-state index is 12.1. The molecule has 3 nitrogen and oxygen atoms in total. The molecule has 4 heteroatoms. The Bertz CT molecular complexity index is 1290. The van der Waals surface area contributed by atoms with E-state index in [2.05, 4.69) is 77.9 Å². The topological polar surface area (TPSA) is 32.3 Å². The van der Waals surface area contributed by atoms with Crippen LogP contribution in [0.3, 0.4) is 0 Å². The molecule has 0 bridgehead atoms. The van der Waals surface area contributed by atoms with E-state index >= 15 is 0 Å². The van der Waals surface area contributed by atoms with Crippen molar-refractivity contribution in [1.82, 2.24) is 10.2 Å². The standard InChI is InChI=1S/C21H21N.C13H18ClNO/c1-22-14-12-18(13-15-22)21-19-8-4-2-6-16(19)10-11-17-7-3-5-9-20(17)21;1-9(15-13(2,3)4)12(16)10-6-5-7-11(14)8-10/h2-11H,12-15H2,1H3;5-9,15H,1-4H3. The molecule has 1 saturated heterocycles. The Morgan fingerprint density at radius 1 is 0.868 bits per heavy atom. The first-order chi connectivity index (χ1) is 18.1. The number of hydrogen-bond acceptors (Lipinski definition) is 3. The van der Waals surface area contributed by atoms with Gasteiger partial charge in [-0.3, -0.25) is 4.79 Å². The highest BCUT2D eigenvalue weighted by Gasteiger charge is 2.22. The van der Waals surface area contributed by atoms with Crippen molar-refractivity contribution in [2.45, 2.75) is 52.1 Å². The first-order valence-corrected chi connectivity index (χ1v) is 13.8. The van der Waals surface area contributed by atoms with E-state index in [9.17, 15) is 4.79 Å². The number of fused-ring (bicyclic) bond motifs is 2. The average Bonchev–Trinajstić information content (AvgIpc) is 3.05. The van der Waals surface area contributed by atoms with E-state index in [1.54, 1.807) is 29.8 Å². The van der Waals surface area contributed by atoms with Gasteiger partial charge >= 0.3 is 0 Å². The zero-order valence-electron chi connectivity index (χ0n) is 23.2. The second-order valence-electron chi connectivity index (χ2n) is 11.3. The van der Waals surface area contributed by atoms with Crippen molar-refractivity contribution >= 4 is 35.1 Å². The fourth-order valence-electron chi connectivity index (χ4n) is 5.19. The molecule has 0 aromatic heterocycles. The van der Waals surface area contributed by atoms with E-state index in [-0.39, 0.29) is 17.4 Å². The summed E-state index contributed by atoms with van der Waals surface area (Å²) in [7, 11) is 2.22. The molecule has 1 aliphatic carbocycles. The lowest BCUT2D eigenvalue weighted by molar-refractivity contribution is 0.0935. The van der Waals surface area contributed by atoms with E-state index in [1.165, 1.54) is 40.7 Å². The molecule has 1 heterocycles. The van der Waals surface area contributed by atoms with Crippen LogP contribution in [0.25, 0.3) is 17.7 Å². The molecule has 0 amide bonds. The first kappa shape index (κ1) is 28.0. The summed E-state index contributed by atoms with van der Waals surface area (Å²) in [4.78, 5) is 14.5. The van der Waals surface area contributed by atoms with Gasteiger partial charge in [0.25, 0.3) is 0 Å². The lowest BCUT2D eigenvalue weighted by Gasteiger charge is -2.27. The van der Waals surface area contributed by atoms with Gasteiger partial charge in [-0.25, -0.2) is 0 Å². The van der Waals surface area contributed by atoms with Gasteiger partial charge in [-0.2, -0.15) is 0 Å². The third-order valence-corrected chi connectivity index (χ3v) is 7.23. The van der Waals surface area contributed by atoms with Crippen LogP contribution in [0.2, 0.25) is 5.02 Å². The van der Waals surface area contributed by atoms with Crippen LogP contribution in [0, 0.1) is 0 Å². The number of carbonyl (C=O) groups is 1. The third kappa shape index (κ3) is 7.11. The molecule has 1 N–H and O–H groups in total. The van der Waals surface area contributed by atoms with E-state index in [0.29, 0.717) is 10.6 Å². The zero-order chi connectivity index (χ0) is 27.3. The van der Waals surface area contributed by atoms with Crippen molar-refractivity contribution in [3.05, 3.63) is 111 Å². The molecule has 1 aliphatic heterocycles. The van der Waals surface area contributed by atoms with Gasteiger partial charge in [-0.1, -0.05) is 90.0 Å². The van der Waals surface area contributed by atoms with Gasteiger partial charge in [0.2, 0.25) is 0 Å². The average molecular weight is 527 g/mol. The number of hydrogen-bond donors (Lipinski definition) is 1. The fraction of sp³-hybridized carbons (Fsp3) is 0.324. The minimum atomic E-state index is -0.210. The van der Waals surface area contributed by atoms with Crippen molar-refractivity contribution in [3.63, 3.8) is 0 Å². The lowest BCUT2D eigenvalue weighted by Crippen LogP contribution is -2.46. The number of nitrogens with zero attached hydrogens (tertiary/aromatic N) is 1. The summed E-state index contributed by atoms with van der Waals surface area (Å²) >= 11 is 5.85. The maximum atomic E-state index is 12.1. The zero-order valence-corrected chi connectivity index (χ0v) is 24.0. The quantitative estimate of drug-likeness (QED) is 0.274. The number of nitrogens with one attached hydrogen (secondary N) is 1. The van der Waals surface area contributed by atoms with Crippen LogP contribution in [0.4, 0.5) is 0 Å². The highest BCUT2D eigenvalue weighted by atomic mass is 35.5. The van der Waals surface area contributed by atoms with Crippen molar-refractivity contribution in [2.75, 3.05) is 20.1 Å². The van der Waals surface area contributed by atoms with Gasteiger partial charge in [0.05, 0.1) is 6.04 Å². The predicted octanol–water partition coefficient (Wildman–Crippen LogP) is 8.00. The predicted molar refractivity (Wildman–Crippen MR) is 163 cm³/mol. The smallest absolute Gasteiger partial charge is 0.179 e. The molecule has 0 saturated carbocycles. The van der Waals surface area contributed by atoms with E-state index in [0.717, 1.165) is 13.1 Å². The Balaban J connectivity index is 0.000000188. The van der Waals surface area contributed by atoms with Crippen molar-refractivity contribution in [3.8, 4) is 0 Å². The van der Waals surface area contributed by atoms with Gasteiger partial charge in [0, 0.05) is 29.2 Å². The number of likely N-dealkylation sites (tertiary alicyclic amines) is 1. The second kappa shape index (κ2) is 12.3.